The van der Waals surface area contributed by atoms with E-state index in [4.69, 9.17) is 5.21 Å². The number of pyridine rings is 2. The van der Waals surface area contributed by atoms with Gasteiger partial charge in [0.1, 0.15) is 5.82 Å². The standard InChI is InChI=1S/C21H22N4O4S/c1-2-3-11-30(28,29)25-20-13-18(21(26)24-27)12-19(23-20)16-8-6-15(7-9-16)17-5-4-10-22-14-17/h4-10,12-14,27H,2-3,11H2,1H3,(H,23,25)(H,24,26). The van der Waals surface area contributed by atoms with Crippen molar-refractivity contribution in [2.24, 2.45) is 0 Å². The van der Waals surface area contributed by atoms with Crippen molar-refractivity contribution < 1.29 is 18.4 Å². The fraction of sp³-hybridized carbons (Fsp3) is 0.190. The number of anilines is 1. The number of unbranched alkanes of at least 4 members (excludes halogenated alkanes) is 1. The first kappa shape index (κ1) is 21.4. The summed E-state index contributed by atoms with van der Waals surface area (Å²) in [5.41, 5.74) is 4.62. The molecule has 0 spiro atoms. The van der Waals surface area contributed by atoms with E-state index in [1.54, 1.807) is 17.9 Å². The second kappa shape index (κ2) is 9.47. The molecule has 156 valence electrons. The average Bonchev–Trinajstić information content (AvgIpc) is 2.77. The third-order valence-electron chi connectivity index (χ3n) is 4.39. The molecule has 3 rings (SSSR count). The Morgan fingerprint density at radius 3 is 2.43 bits per heavy atom. The number of carbonyl (C=O) groups excluding carboxylic acids is 1. The quantitative estimate of drug-likeness (QED) is 0.375. The molecule has 0 aliphatic heterocycles. The van der Waals surface area contributed by atoms with Gasteiger partial charge in [0.05, 0.1) is 11.4 Å². The number of nitrogens with zero attached hydrogens (tertiary/aromatic N) is 2. The lowest BCUT2D eigenvalue weighted by molar-refractivity contribution is 0.0706. The molecule has 0 unspecified atom stereocenters. The first-order chi connectivity index (χ1) is 14.4. The number of aromatic nitrogens is 2. The van der Waals surface area contributed by atoms with Gasteiger partial charge in [0.2, 0.25) is 10.0 Å². The lowest BCUT2D eigenvalue weighted by Gasteiger charge is -2.11. The van der Waals surface area contributed by atoms with Crippen molar-refractivity contribution in [2.45, 2.75) is 19.8 Å². The van der Waals surface area contributed by atoms with Gasteiger partial charge in [0, 0.05) is 23.5 Å². The molecule has 0 bridgehead atoms. The van der Waals surface area contributed by atoms with Crippen LogP contribution in [-0.4, -0.2) is 35.3 Å². The number of carbonyl (C=O) groups is 1. The van der Waals surface area contributed by atoms with E-state index in [0.29, 0.717) is 17.7 Å². The van der Waals surface area contributed by atoms with Crippen molar-refractivity contribution in [3.63, 3.8) is 0 Å². The van der Waals surface area contributed by atoms with Gasteiger partial charge in [-0.15, -0.1) is 0 Å². The third kappa shape index (κ3) is 5.40. The summed E-state index contributed by atoms with van der Waals surface area (Å²) >= 11 is 0. The number of amides is 1. The van der Waals surface area contributed by atoms with Crippen LogP contribution in [0.5, 0.6) is 0 Å². The number of hydrogen-bond donors (Lipinski definition) is 3. The Balaban J connectivity index is 1.96. The summed E-state index contributed by atoms with van der Waals surface area (Å²) in [5.74, 6) is -0.797. The summed E-state index contributed by atoms with van der Waals surface area (Å²) in [7, 11) is -3.60. The summed E-state index contributed by atoms with van der Waals surface area (Å²) in [6.07, 6.45) is 4.69. The average molecular weight is 426 g/mol. The van der Waals surface area contributed by atoms with E-state index < -0.39 is 15.9 Å². The van der Waals surface area contributed by atoms with Crippen LogP contribution in [-0.2, 0) is 10.0 Å². The molecular formula is C21H22N4O4S. The largest absolute Gasteiger partial charge is 0.288 e. The minimum Gasteiger partial charge on any atom is -0.288 e. The van der Waals surface area contributed by atoms with Gasteiger partial charge in [-0.05, 0) is 35.7 Å². The first-order valence-corrected chi connectivity index (χ1v) is 11.0. The van der Waals surface area contributed by atoms with Crippen molar-refractivity contribution in [3.8, 4) is 22.4 Å². The highest BCUT2D eigenvalue weighted by Crippen LogP contribution is 2.25. The molecule has 3 aromatic rings. The molecule has 2 aromatic heterocycles. The Hall–Kier alpha value is -3.30. The van der Waals surface area contributed by atoms with Crippen LogP contribution in [0.1, 0.15) is 30.1 Å². The van der Waals surface area contributed by atoms with Crippen LogP contribution >= 0.6 is 0 Å². The highest BCUT2D eigenvalue weighted by atomic mass is 32.2. The van der Waals surface area contributed by atoms with Crippen LogP contribution in [0.2, 0.25) is 0 Å². The molecule has 0 atom stereocenters. The highest BCUT2D eigenvalue weighted by molar-refractivity contribution is 7.92. The summed E-state index contributed by atoms with van der Waals surface area (Å²) in [4.78, 5) is 20.4. The van der Waals surface area contributed by atoms with Crippen molar-refractivity contribution in [1.82, 2.24) is 15.4 Å². The Labute approximate surface area is 175 Å². The van der Waals surface area contributed by atoms with Gasteiger partial charge in [0.15, 0.2) is 0 Å². The Morgan fingerprint density at radius 2 is 1.80 bits per heavy atom. The maximum absolute atomic E-state index is 12.3. The van der Waals surface area contributed by atoms with Crippen LogP contribution in [0.4, 0.5) is 5.82 Å². The van der Waals surface area contributed by atoms with Crippen LogP contribution in [0, 0.1) is 0 Å². The lowest BCUT2D eigenvalue weighted by Crippen LogP contribution is -2.21. The number of sulfonamides is 1. The van der Waals surface area contributed by atoms with Gasteiger partial charge in [0.25, 0.3) is 5.91 Å². The van der Waals surface area contributed by atoms with E-state index in [0.717, 1.165) is 17.5 Å². The number of hydroxylamine groups is 1. The molecular weight excluding hydrogens is 404 g/mol. The monoisotopic (exact) mass is 426 g/mol. The molecule has 0 aliphatic rings. The molecule has 8 nitrogen and oxygen atoms in total. The Bertz CT molecular complexity index is 1120. The molecule has 0 saturated heterocycles. The minimum absolute atomic E-state index is 0.0125. The Kier molecular flexibility index (Phi) is 6.76. The van der Waals surface area contributed by atoms with E-state index in [1.807, 2.05) is 43.3 Å². The van der Waals surface area contributed by atoms with Crippen molar-refractivity contribution >= 4 is 21.7 Å². The van der Waals surface area contributed by atoms with E-state index in [-0.39, 0.29) is 17.1 Å². The first-order valence-electron chi connectivity index (χ1n) is 9.39. The van der Waals surface area contributed by atoms with E-state index in [1.165, 1.54) is 12.1 Å². The Morgan fingerprint density at radius 1 is 1.07 bits per heavy atom. The number of rotatable bonds is 8. The predicted octanol–water partition coefficient (Wildman–Crippen LogP) is 3.47. The molecule has 0 aliphatic carbocycles. The second-order valence-electron chi connectivity index (χ2n) is 6.66. The van der Waals surface area contributed by atoms with Gasteiger partial charge in [-0.3, -0.25) is 19.7 Å². The number of benzene rings is 1. The second-order valence-corrected chi connectivity index (χ2v) is 8.50. The van der Waals surface area contributed by atoms with Crippen LogP contribution in [0.3, 0.4) is 0 Å². The molecule has 0 saturated carbocycles. The summed E-state index contributed by atoms with van der Waals surface area (Å²) in [6.45, 7) is 1.90. The van der Waals surface area contributed by atoms with Crippen molar-refractivity contribution in [3.05, 3.63) is 66.5 Å². The molecule has 3 N–H and O–H groups in total. The van der Waals surface area contributed by atoms with Crippen LogP contribution < -0.4 is 10.2 Å². The minimum atomic E-state index is -3.60. The molecule has 1 amide bonds. The van der Waals surface area contributed by atoms with Crippen molar-refractivity contribution in [2.75, 3.05) is 10.5 Å². The summed E-state index contributed by atoms with van der Waals surface area (Å²) < 4.78 is 26.9. The van der Waals surface area contributed by atoms with E-state index in [9.17, 15) is 13.2 Å². The number of hydrogen-bond acceptors (Lipinski definition) is 6. The maximum Gasteiger partial charge on any atom is 0.274 e. The molecule has 0 radical (unpaired) electrons. The van der Waals surface area contributed by atoms with Gasteiger partial charge in [-0.1, -0.05) is 43.7 Å². The molecule has 2 heterocycles. The molecule has 0 fully saturated rings. The van der Waals surface area contributed by atoms with Crippen LogP contribution in [0.25, 0.3) is 22.4 Å². The van der Waals surface area contributed by atoms with Gasteiger partial charge >= 0.3 is 0 Å². The smallest absolute Gasteiger partial charge is 0.274 e. The SMILES string of the molecule is CCCCS(=O)(=O)Nc1cc(C(=O)NO)cc(-c2ccc(-c3cccnc3)cc2)n1. The number of nitrogens with one attached hydrogen (secondary N) is 2. The zero-order chi connectivity index (χ0) is 21.6. The normalized spacial score (nSPS) is 11.1. The lowest BCUT2D eigenvalue weighted by atomic mass is 10.0. The summed E-state index contributed by atoms with van der Waals surface area (Å²) in [6, 6.07) is 14.0. The van der Waals surface area contributed by atoms with Crippen LogP contribution in [0.15, 0.2) is 60.9 Å². The van der Waals surface area contributed by atoms with Gasteiger partial charge in [-0.25, -0.2) is 18.9 Å². The van der Waals surface area contributed by atoms with Crippen molar-refractivity contribution in [1.29, 1.82) is 0 Å². The molecule has 30 heavy (non-hydrogen) atoms. The fourth-order valence-electron chi connectivity index (χ4n) is 2.84. The zero-order valence-corrected chi connectivity index (χ0v) is 17.2. The highest BCUT2D eigenvalue weighted by Gasteiger charge is 2.15. The third-order valence-corrected chi connectivity index (χ3v) is 5.74. The zero-order valence-electron chi connectivity index (χ0n) is 16.4. The topological polar surface area (TPSA) is 121 Å². The van der Waals surface area contributed by atoms with E-state index in [2.05, 4.69) is 14.7 Å². The predicted molar refractivity (Wildman–Crippen MR) is 114 cm³/mol. The fourth-order valence-corrected chi connectivity index (χ4v) is 4.03. The maximum atomic E-state index is 12.3. The van der Waals surface area contributed by atoms with Gasteiger partial charge < -0.3 is 0 Å². The summed E-state index contributed by atoms with van der Waals surface area (Å²) in [5, 5.41) is 8.99. The van der Waals surface area contributed by atoms with E-state index >= 15 is 0 Å². The van der Waals surface area contributed by atoms with Gasteiger partial charge in [-0.2, -0.15) is 0 Å². The molecule has 1 aromatic carbocycles. The molecule has 9 heteroatoms.